The van der Waals surface area contributed by atoms with Crippen molar-refractivity contribution in [1.82, 2.24) is 4.98 Å². The fraction of sp³-hybridized carbons (Fsp3) is 0.0714. The van der Waals surface area contributed by atoms with Gasteiger partial charge in [-0.05, 0) is 17.5 Å². The van der Waals surface area contributed by atoms with Crippen molar-refractivity contribution in [2.75, 3.05) is 5.32 Å². The van der Waals surface area contributed by atoms with E-state index in [1.54, 1.807) is 22.7 Å². The maximum Gasteiger partial charge on any atom is 0.112 e. The molecule has 0 spiro atoms. The van der Waals surface area contributed by atoms with Crippen LogP contribution in [0.3, 0.4) is 0 Å². The number of nitrogens with zero attached hydrogens (tertiary/aromatic N) is 1. The van der Waals surface area contributed by atoms with Crippen LogP contribution in [0.5, 0.6) is 0 Å². The van der Waals surface area contributed by atoms with Crippen LogP contribution >= 0.6 is 22.7 Å². The standard InChI is InChI=1S/C14H12N2S2/c1-2-5-12(16-10-14-15-7-9-18-14)11(4-1)13-6-3-8-17-13/h1-9,16H,10H2. The number of para-hydroxylation sites is 1. The maximum atomic E-state index is 4.28. The molecule has 0 unspecified atom stereocenters. The predicted octanol–water partition coefficient (Wildman–Crippen LogP) is 4.48. The van der Waals surface area contributed by atoms with Crippen molar-refractivity contribution in [2.45, 2.75) is 6.54 Å². The number of nitrogens with one attached hydrogen (secondary N) is 1. The second-order valence-corrected chi connectivity index (χ2v) is 5.73. The monoisotopic (exact) mass is 272 g/mol. The predicted molar refractivity (Wildman–Crippen MR) is 79.2 cm³/mol. The molecule has 0 radical (unpaired) electrons. The van der Waals surface area contributed by atoms with Crippen molar-refractivity contribution >= 4 is 28.4 Å². The fourth-order valence-electron chi connectivity index (χ4n) is 1.80. The molecular formula is C14H12N2S2. The van der Waals surface area contributed by atoms with Gasteiger partial charge in [-0.25, -0.2) is 4.98 Å². The number of benzene rings is 1. The average molecular weight is 272 g/mol. The lowest BCUT2D eigenvalue weighted by Crippen LogP contribution is -1.99. The second-order valence-electron chi connectivity index (χ2n) is 3.80. The Labute approximate surface area is 114 Å². The second kappa shape index (κ2) is 5.33. The first-order valence-corrected chi connectivity index (χ1v) is 7.44. The van der Waals surface area contributed by atoms with E-state index in [2.05, 4.69) is 52.1 Å². The summed E-state index contributed by atoms with van der Waals surface area (Å²) in [6.07, 6.45) is 1.84. The topological polar surface area (TPSA) is 24.9 Å². The minimum atomic E-state index is 0.778. The van der Waals surface area contributed by atoms with Crippen LogP contribution in [-0.4, -0.2) is 4.98 Å². The normalized spacial score (nSPS) is 10.4. The van der Waals surface area contributed by atoms with Crippen molar-refractivity contribution in [3.8, 4) is 10.4 Å². The highest BCUT2D eigenvalue weighted by molar-refractivity contribution is 7.13. The molecule has 0 saturated carbocycles. The first-order valence-electron chi connectivity index (χ1n) is 5.68. The van der Waals surface area contributed by atoms with Gasteiger partial charge in [0.05, 0.1) is 6.54 Å². The van der Waals surface area contributed by atoms with Crippen LogP contribution < -0.4 is 5.32 Å². The van der Waals surface area contributed by atoms with E-state index < -0.39 is 0 Å². The number of hydrogen-bond donors (Lipinski definition) is 1. The molecule has 2 aromatic heterocycles. The summed E-state index contributed by atoms with van der Waals surface area (Å²) in [6, 6.07) is 12.6. The zero-order valence-corrected chi connectivity index (χ0v) is 11.3. The summed E-state index contributed by atoms with van der Waals surface area (Å²) in [6.45, 7) is 0.778. The Morgan fingerprint density at radius 1 is 1.00 bits per heavy atom. The molecule has 90 valence electrons. The van der Waals surface area contributed by atoms with E-state index in [0.717, 1.165) is 17.2 Å². The van der Waals surface area contributed by atoms with Crippen molar-refractivity contribution in [3.63, 3.8) is 0 Å². The van der Waals surface area contributed by atoms with Gasteiger partial charge in [-0.2, -0.15) is 0 Å². The van der Waals surface area contributed by atoms with Crippen molar-refractivity contribution in [2.24, 2.45) is 0 Å². The molecule has 0 atom stereocenters. The Morgan fingerprint density at radius 3 is 2.72 bits per heavy atom. The SMILES string of the molecule is c1csc(-c2ccccc2NCc2nccs2)c1. The minimum absolute atomic E-state index is 0.778. The largest absolute Gasteiger partial charge is 0.378 e. The Hall–Kier alpha value is -1.65. The van der Waals surface area contributed by atoms with Crippen LogP contribution in [0.4, 0.5) is 5.69 Å². The third kappa shape index (κ3) is 2.44. The highest BCUT2D eigenvalue weighted by Gasteiger charge is 2.05. The molecule has 18 heavy (non-hydrogen) atoms. The molecule has 1 aromatic carbocycles. The first-order chi connectivity index (χ1) is 8.93. The first kappa shape index (κ1) is 11.4. The molecule has 2 heterocycles. The van der Waals surface area contributed by atoms with Crippen molar-refractivity contribution in [1.29, 1.82) is 0 Å². The molecule has 4 heteroatoms. The highest BCUT2D eigenvalue weighted by atomic mass is 32.1. The van der Waals surface area contributed by atoms with Crippen LogP contribution in [0.15, 0.2) is 53.4 Å². The third-order valence-electron chi connectivity index (χ3n) is 2.63. The molecule has 1 N–H and O–H groups in total. The van der Waals surface area contributed by atoms with Crippen LogP contribution in [0.1, 0.15) is 5.01 Å². The van der Waals surface area contributed by atoms with Gasteiger partial charge in [0.25, 0.3) is 0 Å². The number of aromatic nitrogens is 1. The molecule has 0 fully saturated rings. The summed E-state index contributed by atoms with van der Waals surface area (Å²) in [4.78, 5) is 5.57. The number of anilines is 1. The van der Waals surface area contributed by atoms with Crippen molar-refractivity contribution in [3.05, 3.63) is 58.4 Å². The van der Waals surface area contributed by atoms with Gasteiger partial charge in [0.2, 0.25) is 0 Å². The van der Waals surface area contributed by atoms with Gasteiger partial charge < -0.3 is 5.32 Å². The molecular weight excluding hydrogens is 260 g/mol. The van der Waals surface area contributed by atoms with Crippen LogP contribution in [0, 0.1) is 0 Å². The molecule has 0 bridgehead atoms. The number of hydrogen-bond acceptors (Lipinski definition) is 4. The van der Waals surface area contributed by atoms with E-state index >= 15 is 0 Å². The average Bonchev–Trinajstić information content (AvgIpc) is 3.10. The maximum absolute atomic E-state index is 4.28. The molecule has 0 aliphatic carbocycles. The summed E-state index contributed by atoms with van der Waals surface area (Å²) in [5.74, 6) is 0. The molecule has 0 amide bonds. The Morgan fingerprint density at radius 2 is 1.94 bits per heavy atom. The van der Waals surface area contributed by atoms with Gasteiger partial charge >= 0.3 is 0 Å². The summed E-state index contributed by atoms with van der Waals surface area (Å²) in [5.41, 5.74) is 2.42. The summed E-state index contributed by atoms with van der Waals surface area (Å²) < 4.78 is 0. The third-order valence-corrected chi connectivity index (χ3v) is 4.31. The summed E-state index contributed by atoms with van der Waals surface area (Å²) in [5, 5.41) is 8.67. The number of rotatable bonds is 4. The lowest BCUT2D eigenvalue weighted by molar-refractivity contribution is 1.10. The lowest BCUT2D eigenvalue weighted by atomic mass is 10.1. The van der Waals surface area contributed by atoms with E-state index in [9.17, 15) is 0 Å². The number of thiazole rings is 1. The quantitative estimate of drug-likeness (QED) is 0.757. The fourth-order valence-corrected chi connectivity index (χ4v) is 3.12. The van der Waals surface area contributed by atoms with E-state index in [4.69, 9.17) is 0 Å². The lowest BCUT2D eigenvalue weighted by Gasteiger charge is -2.09. The number of thiophene rings is 1. The molecule has 3 aromatic rings. The van der Waals surface area contributed by atoms with Crippen LogP contribution in [-0.2, 0) is 6.54 Å². The molecule has 2 nitrogen and oxygen atoms in total. The van der Waals surface area contributed by atoms with Gasteiger partial charge in [-0.1, -0.05) is 24.3 Å². The Balaban J connectivity index is 1.84. The van der Waals surface area contributed by atoms with E-state index in [-0.39, 0.29) is 0 Å². The molecule has 0 aliphatic heterocycles. The molecule has 0 saturated heterocycles. The highest BCUT2D eigenvalue weighted by Crippen LogP contribution is 2.31. The minimum Gasteiger partial charge on any atom is -0.378 e. The Bertz CT molecular complexity index is 601. The zero-order valence-electron chi connectivity index (χ0n) is 9.67. The summed E-state index contributed by atoms with van der Waals surface area (Å²) in [7, 11) is 0. The smallest absolute Gasteiger partial charge is 0.112 e. The van der Waals surface area contributed by atoms with Gasteiger partial charge in [-0.15, -0.1) is 22.7 Å². The van der Waals surface area contributed by atoms with E-state index in [0.29, 0.717) is 0 Å². The Kier molecular flexibility index (Phi) is 3.39. The van der Waals surface area contributed by atoms with Gasteiger partial charge in [-0.3, -0.25) is 0 Å². The van der Waals surface area contributed by atoms with E-state index in [1.165, 1.54) is 10.4 Å². The van der Waals surface area contributed by atoms with Crippen molar-refractivity contribution < 1.29 is 0 Å². The van der Waals surface area contributed by atoms with E-state index in [1.807, 2.05) is 11.6 Å². The van der Waals surface area contributed by atoms with Gasteiger partial charge in [0.15, 0.2) is 0 Å². The van der Waals surface area contributed by atoms with Crippen LogP contribution in [0.2, 0.25) is 0 Å². The molecule has 0 aliphatic rings. The van der Waals surface area contributed by atoms with Gasteiger partial charge in [0.1, 0.15) is 5.01 Å². The zero-order chi connectivity index (χ0) is 12.2. The molecule has 3 rings (SSSR count). The van der Waals surface area contributed by atoms with Crippen LogP contribution in [0.25, 0.3) is 10.4 Å². The van der Waals surface area contributed by atoms with Gasteiger partial charge in [0, 0.05) is 27.7 Å². The summed E-state index contributed by atoms with van der Waals surface area (Å²) >= 11 is 3.43.